The van der Waals surface area contributed by atoms with Gasteiger partial charge in [-0.1, -0.05) is 52.4 Å². The summed E-state index contributed by atoms with van der Waals surface area (Å²) in [6.07, 6.45) is 8.71. The molecule has 1 fully saturated rings. The maximum Gasteiger partial charge on any atom is 0.342 e. The van der Waals surface area contributed by atoms with E-state index < -0.39 is 24.2 Å². The zero-order chi connectivity index (χ0) is 14.9. The summed E-state index contributed by atoms with van der Waals surface area (Å²) >= 11 is 0. The molecule has 0 bridgehead atoms. The Hall–Kier alpha value is 0.770. The summed E-state index contributed by atoms with van der Waals surface area (Å²) in [6.45, 7) is 4.24. The number of unbranched alkanes of at least 4 members (excludes halogenated alkanes) is 6. The van der Waals surface area contributed by atoms with Crippen molar-refractivity contribution in [1.29, 1.82) is 0 Å². The minimum Gasteiger partial charge on any atom is -0.259 e. The van der Waals surface area contributed by atoms with Crippen LogP contribution in [0.15, 0.2) is 0 Å². The molecule has 1 heterocycles. The van der Waals surface area contributed by atoms with Gasteiger partial charge in [0.2, 0.25) is 0 Å². The van der Waals surface area contributed by atoms with E-state index in [1.165, 1.54) is 0 Å². The molecule has 1 rings (SSSR count). The van der Waals surface area contributed by atoms with Gasteiger partial charge in [0.15, 0.2) is 9.03 Å². The van der Waals surface area contributed by atoms with Gasteiger partial charge < -0.3 is 0 Å². The third-order valence-electron chi connectivity index (χ3n) is 3.17. The zero-order valence-corrected chi connectivity index (χ0v) is 15.3. The van der Waals surface area contributed by atoms with Crippen LogP contribution in [-0.2, 0) is 22.1 Å². The fourth-order valence-electron chi connectivity index (χ4n) is 1.99. The van der Waals surface area contributed by atoms with Crippen molar-refractivity contribution in [2.24, 2.45) is 0 Å². The third kappa shape index (κ3) is 7.16. The lowest BCUT2D eigenvalue weighted by Crippen LogP contribution is -2.04. The summed E-state index contributed by atoms with van der Waals surface area (Å²) in [7, 11) is -6.84. The van der Waals surface area contributed by atoms with Crippen LogP contribution in [0.5, 0.6) is 0 Å². The Balaban J connectivity index is 2.39. The van der Waals surface area contributed by atoms with Crippen LogP contribution in [0.25, 0.3) is 0 Å². The molecule has 1 saturated heterocycles. The van der Waals surface area contributed by atoms with Crippen molar-refractivity contribution >= 4 is 24.2 Å². The molecule has 1 aliphatic heterocycles. The predicted octanol–water partition coefficient (Wildman–Crippen LogP) is 6.11. The molecule has 2 unspecified atom stereocenters. The predicted molar refractivity (Wildman–Crippen MR) is 84.8 cm³/mol. The second-order valence-electron chi connectivity index (χ2n) is 5.14. The minimum absolute atomic E-state index is 0.350. The van der Waals surface area contributed by atoms with E-state index in [1.54, 1.807) is 0 Å². The zero-order valence-electron chi connectivity index (χ0n) is 12.5. The molecule has 20 heavy (non-hydrogen) atoms. The number of hydrogen-bond donors (Lipinski definition) is 0. The van der Waals surface area contributed by atoms with Crippen LogP contribution in [0.4, 0.5) is 0 Å². The first-order valence-corrected chi connectivity index (χ1v) is 11.8. The van der Waals surface area contributed by atoms with Gasteiger partial charge in [-0.3, -0.25) is 17.8 Å². The fraction of sp³-hybridized carbons (Fsp3) is 1.00. The van der Waals surface area contributed by atoms with E-state index in [0.717, 1.165) is 51.4 Å². The van der Waals surface area contributed by atoms with Crippen molar-refractivity contribution in [3.8, 4) is 0 Å². The first-order chi connectivity index (χ1) is 9.54. The molecular weight excluding hydrogens is 317 g/mol. The molecule has 0 aromatic carbocycles. The Labute approximate surface area is 124 Å². The normalized spacial score (nSPS) is 31.7. The summed E-state index contributed by atoms with van der Waals surface area (Å²) in [6, 6.07) is 0. The Morgan fingerprint density at radius 2 is 1.20 bits per heavy atom. The smallest absolute Gasteiger partial charge is 0.259 e. The first-order valence-electron chi connectivity index (χ1n) is 7.55. The van der Waals surface area contributed by atoms with Crippen LogP contribution in [0.1, 0.15) is 65.2 Å². The molecule has 1 aliphatic rings. The minimum atomic E-state index is -3.21. The molecule has 0 saturated carbocycles. The van der Waals surface area contributed by atoms with Crippen LogP contribution in [0, 0.1) is 0 Å². The summed E-state index contributed by atoms with van der Waals surface area (Å²) in [5, 5.41) is 0. The SMILES string of the molecule is CCCCCCP1(=O)OPOP(=O)(CCCCCC)O1. The van der Waals surface area contributed by atoms with Gasteiger partial charge in [0.25, 0.3) is 0 Å². The van der Waals surface area contributed by atoms with E-state index >= 15 is 0 Å². The summed E-state index contributed by atoms with van der Waals surface area (Å²) < 4.78 is 40.4. The van der Waals surface area contributed by atoms with Crippen molar-refractivity contribution < 1.29 is 22.1 Å². The van der Waals surface area contributed by atoms with E-state index in [9.17, 15) is 9.13 Å². The Kier molecular flexibility index (Phi) is 9.15. The highest BCUT2D eigenvalue weighted by Gasteiger charge is 2.41. The summed E-state index contributed by atoms with van der Waals surface area (Å²) in [4.78, 5) is 0. The van der Waals surface area contributed by atoms with Gasteiger partial charge in [0.05, 0.1) is 12.3 Å². The second-order valence-corrected chi connectivity index (χ2v) is 10.8. The molecule has 2 atom stereocenters. The standard InChI is InChI=1S/C12H27O5P3/c1-3-5-7-9-11-19(13)15-18-16-20(14,17-19)12-10-8-6-4-2/h18H,3-12H2,1-2H3. The lowest BCUT2D eigenvalue weighted by atomic mass is 10.2. The quantitative estimate of drug-likeness (QED) is 0.354. The van der Waals surface area contributed by atoms with Gasteiger partial charge >= 0.3 is 15.2 Å². The van der Waals surface area contributed by atoms with Crippen molar-refractivity contribution in [2.75, 3.05) is 12.3 Å². The first kappa shape index (κ1) is 18.8. The topological polar surface area (TPSA) is 61.8 Å². The highest BCUT2D eigenvalue weighted by molar-refractivity contribution is 7.74. The molecule has 0 spiro atoms. The molecular formula is C12H27O5P3. The molecule has 0 aliphatic carbocycles. The molecule has 8 heteroatoms. The van der Waals surface area contributed by atoms with E-state index in [4.69, 9.17) is 12.9 Å². The van der Waals surface area contributed by atoms with Crippen LogP contribution in [0.3, 0.4) is 0 Å². The van der Waals surface area contributed by atoms with Crippen LogP contribution in [0.2, 0.25) is 0 Å². The van der Waals surface area contributed by atoms with E-state index in [-0.39, 0.29) is 0 Å². The van der Waals surface area contributed by atoms with Crippen LogP contribution in [-0.4, -0.2) is 12.3 Å². The molecule has 0 aromatic rings. The largest absolute Gasteiger partial charge is 0.342 e. The lowest BCUT2D eigenvalue weighted by Gasteiger charge is -2.28. The van der Waals surface area contributed by atoms with Crippen molar-refractivity contribution in [3.63, 3.8) is 0 Å². The highest BCUT2D eigenvalue weighted by atomic mass is 31.3. The van der Waals surface area contributed by atoms with E-state index in [2.05, 4.69) is 13.8 Å². The highest BCUT2D eigenvalue weighted by Crippen LogP contribution is 2.74. The second kappa shape index (κ2) is 9.72. The average Bonchev–Trinajstić information content (AvgIpc) is 2.40. The van der Waals surface area contributed by atoms with Gasteiger partial charge in [0, 0.05) is 0 Å². The fourth-order valence-corrected chi connectivity index (χ4v) is 8.32. The maximum absolute atomic E-state index is 12.4. The van der Waals surface area contributed by atoms with Gasteiger partial charge in [0.1, 0.15) is 0 Å². The van der Waals surface area contributed by atoms with Gasteiger partial charge in [-0.05, 0) is 12.8 Å². The molecule has 0 radical (unpaired) electrons. The number of rotatable bonds is 10. The van der Waals surface area contributed by atoms with E-state index in [1.807, 2.05) is 0 Å². The molecule has 0 amide bonds. The number of hydrogen-bond acceptors (Lipinski definition) is 5. The Morgan fingerprint density at radius 3 is 1.60 bits per heavy atom. The summed E-state index contributed by atoms with van der Waals surface area (Å²) in [5.74, 6) is 0. The van der Waals surface area contributed by atoms with Gasteiger partial charge in [-0.15, -0.1) is 0 Å². The van der Waals surface area contributed by atoms with E-state index in [0.29, 0.717) is 12.3 Å². The van der Waals surface area contributed by atoms with Crippen LogP contribution < -0.4 is 0 Å². The molecule has 120 valence electrons. The average molecular weight is 344 g/mol. The molecule has 0 aromatic heterocycles. The molecule has 0 N–H and O–H groups in total. The van der Waals surface area contributed by atoms with Crippen molar-refractivity contribution in [3.05, 3.63) is 0 Å². The third-order valence-corrected chi connectivity index (χ3v) is 9.71. The van der Waals surface area contributed by atoms with Crippen molar-refractivity contribution in [2.45, 2.75) is 65.2 Å². The van der Waals surface area contributed by atoms with Gasteiger partial charge in [-0.25, -0.2) is 4.31 Å². The van der Waals surface area contributed by atoms with Gasteiger partial charge in [-0.2, -0.15) is 0 Å². The molecule has 5 nitrogen and oxygen atoms in total. The Morgan fingerprint density at radius 1 is 0.750 bits per heavy atom. The monoisotopic (exact) mass is 344 g/mol. The van der Waals surface area contributed by atoms with Crippen LogP contribution >= 0.6 is 24.2 Å². The Bertz CT molecular complexity index is 329. The summed E-state index contributed by atoms with van der Waals surface area (Å²) in [5.41, 5.74) is 0. The van der Waals surface area contributed by atoms with Crippen molar-refractivity contribution in [1.82, 2.24) is 0 Å². The maximum atomic E-state index is 12.4. The lowest BCUT2D eigenvalue weighted by molar-refractivity contribution is 0.315.